The normalized spacial score (nSPS) is 11.1. The molecule has 0 saturated carbocycles. The first-order valence-corrected chi connectivity index (χ1v) is 11.9. The fourth-order valence-corrected chi connectivity index (χ4v) is 5.38. The van der Waals surface area contributed by atoms with Crippen molar-refractivity contribution in [2.45, 2.75) is 11.7 Å². The Morgan fingerprint density at radius 3 is 2.69 bits per heavy atom. The summed E-state index contributed by atoms with van der Waals surface area (Å²) in [6.45, 7) is 0.0572. The average molecular weight is 488 g/mol. The number of thiophene rings is 1. The van der Waals surface area contributed by atoms with E-state index in [1.54, 1.807) is 20.2 Å². The number of nitrogens with zero attached hydrogens (tertiary/aromatic N) is 3. The van der Waals surface area contributed by atoms with E-state index < -0.39 is 5.82 Å². The molecule has 0 atom stereocenters. The third-order valence-electron chi connectivity index (χ3n) is 5.07. The highest BCUT2D eigenvalue weighted by Crippen LogP contribution is 2.32. The third kappa shape index (κ3) is 4.44. The van der Waals surface area contributed by atoms with Crippen molar-refractivity contribution in [3.63, 3.8) is 0 Å². The monoisotopic (exact) mass is 487 g/mol. The minimum absolute atomic E-state index is 0.0572. The van der Waals surface area contributed by atoms with Gasteiger partial charge in [0.2, 0.25) is 5.91 Å². The molecule has 164 valence electrons. The summed E-state index contributed by atoms with van der Waals surface area (Å²) < 4.78 is 15.5. The minimum atomic E-state index is -0.453. The van der Waals surface area contributed by atoms with Gasteiger partial charge in [0.05, 0.1) is 11.1 Å². The number of halogens is 2. The van der Waals surface area contributed by atoms with E-state index in [1.807, 2.05) is 35.7 Å². The van der Waals surface area contributed by atoms with Crippen molar-refractivity contribution in [1.82, 2.24) is 14.5 Å². The molecule has 5 nitrogen and oxygen atoms in total. The number of benzene rings is 2. The lowest BCUT2D eigenvalue weighted by Gasteiger charge is -2.18. The van der Waals surface area contributed by atoms with Crippen molar-refractivity contribution >= 4 is 50.8 Å². The molecule has 2 aromatic heterocycles. The average Bonchev–Trinajstić information content (AvgIpc) is 3.22. The molecule has 0 spiro atoms. The van der Waals surface area contributed by atoms with Crippen LogP contribution in [0.25, 0.3) is 21.3 Å². The highest BCUT2D eigenvalue weighted by Gasteiger charge is 2.18. The van der Waals surface area contributed by atoms with Gasteiger partial charge in [0, 0.05) is 42.2 Å². The lowest BCUT2D eigenvalue weighted by atomic mass is 10.1. The van der Waals surface area contributed by atoms with E-state index in [4.69, 9.17) is 11.6 Å². The van der Waals surface area contributed by atoms with Crippen molar-refractivity contribution in [3.05, 3.63) is 80.7 Å². The summed E-state index contributed by atoms with van der Waals surface area (Å²) in [4.78, 5) is 32.3. The Balaban J connectivity index is 1.53. The van der Waals surface area contributed by atoms with Crippen LogP contribution in [-0.4, -0.2) is 33.2 Å². The van der Waals surface area contributed by atoms with Crippen LogP contribution < -0.4 is 5.56 Å². The van der Waals surface area contributed by atoms with E-state index in [2.05, 4.69) is 4.98 Å². The van der Waals surface area contributed by atoms with Crippen molar-refractivity contribution in [2.24, 2.45) is 7.05 Å². The molecule has 4 rings (SSSR count). The Kier molecular flexibility index (Phi) is 6.64. The zero-order valence-electron chi connectivity index (χ0n) is 17.3. The molecule has 0 aliphatic carbocycles. The predicted molar refractivity (Wildman–Crippen MR) is 129 cm³/mol. The SMILES string of the molecule is CN(Cc1c(F)cccc1Cl)C(=O)CSc1nc2scc(-c3ccccc3)c2c(=O)n1C. The smallest absolute Gasteiger partial charge is 0.263 e. The molecule has 0 aliphatic heterocycles. The highest BCUT2D eigenvalue weighted by atomic mass is 35.5. The van der Waals surface area contributed by atoms with Crippen molar-refractivity contribution in [2.75, 3.05) is 12.8 Å². The first-order chi connectivity index (χ1) is 15.4. The van der Waals surface area contributed by atoms with E-state index >= 15 is 0 Å². The van der Waals surface area contributed by atoms with Crippen LogP contribution in [0.3, 0.4) is 0 Å². The summed E-state index contributed by atoms with van der Waals surface area (Å²) in [7, 11) is 3.24. The molecule has 0 aliphatic rings. The first-order valence-electron chi connectivity index (χ1n) is 9.70. The Hall–Kier alpha value is -2.68. The lowest BCUT2D eigenvalue weighted by molar-refractivity contribution is -0.127. The van der Waals surface area contributed by atoms with Crippen LogP contribution in [0.2, 0.25) is 5.02 Å². The van der Waals surface area contributed by atoms with Crippen LogP contribution in [0.1, 0.15) is 5.56 Å². The van der Waals surface area contributed by atoms with Crippen molar-refractivity contribution in [3.8, 4) is 11.1 Å². The molecule has 2 aromatic carbocycles. The van der Waals surface area contributed by atoms with Gasteiger partial charge < -0.3 is 4.90 Å². The molecular weight excluding hydrogens is 469 g/mol. The number of carbonyl (C=O) groups excluding carboxylic acids is 1. The maximum absolute atomic E-state index is 14.0. The number of carbonyl (C=O) groups is 1. The van der Waals surface area contributed by atoms with Crippen LogP contribution in [0.5, 0.6) is 0 Å². The number of fused-ring (bicyclic) bond motifs is 1. The van der Waals surface area contributed by atoms with Crippen molar-refractivity contribution in [1.29, 1.82) is 0 Å². The quantitative estimate of drug-likeness (QED) is 0.277. The molecule has 0 radical (unpaired) electrons. The van der Waals surface area contributed by atoms with E-state index in [0.717, 1.165) is 11.1 Å². The molecular formula is C23H19ClFN3O2S2. The fourth-order valence-electron chi connectivity index (χ4n) is 3.26. The second kappa shape index (κ2) is 9.44. The maximum atomic E-state index is 14.0. The summed E-state index contributed by atoms with van der Waals surface area (Å²) in [6.07, 6.45) is 0. The Bertz CT molecular complexity index is 1330. The molecule has 0 N–H and O–H groups in total. The van der Waals surface area contributed by atoms with Crippen LogP contribution in [-0.2, 0) is 18.4 Å². The van der Waals surface area contributed by atoms with Gasteiger partial charge in [0.1, 0.15) is 10.6 Å². The van der Waals surface area contributed by atoms with Gasteiger partial charge in [0.15, 0.2) is 5.16 Å². The third-order valence-corrected chi connectivity index (χ3v) is 7.31. The molecule has 32 heavy (non-hydrogen) atoms. The molecule has 0 unspecified atom stereocenters. The number of thioether (sulfide) groups is 1. The second-order valence-electron chi connectivity index (χ2n) is 7.19. The number of hydrogen-bond acceptors (Lipinski definition) is 5. The van der Waals surface area contributed by atoms with Gasteiger partial charge in [-0.15, -0.1) is 11.3 Å². The second-order valence-corrected chi connectivity index (χ2v) is 9.40. The summed E-state index contributed by atoms with van der Waals surface area (Å²) in [5.41, 5.74) is 1.93. The van der Waals surface area contributed by atoms with E-state index in [9.17, 15) is 14.0 Å². The van der Waals surface area contributed by atoms with Crippen LogP contribution >= 0.6 is 34.7 Å². The molecule has 0 saturated heterocycles. The zero-order valence-corrected chi connectivity index (χ0v) is 19.7. The van der Waals surface area contributed by atoms with Crippen LogP contribution in [0, 0.1) is 5.82 Å². The fraction of sp³-hybridized carbons (Fsp3) is 0.174. The summed E-state index contributed by atoms with van der Waals surface area (Å²) >= 11 is 8.64. The van der Waals surface area contributed by atoms with Gasteiger partial charge >= 0.3 is 0 Å². The maximum Gasteiger partial charge on any atom is 0.263 e. The lowest BCUT2D eigenvalue weighted by Crippen LogP contribution is -2.29. The van der Waals surface area contributed by atoms with Gasteiger partial charge in [-0.25, -0.2) is 9.37 Å². The van der Waals surface area contributed by atoms with E-state index in [0.29, 0.717) is 15.4 Å². The largest absolute Gasteiger partial charge is 0.341 e. The van der Waals surface area contributed by atoms with Gasteiger partial charge in [-0.2, -0.15) is 0 Å². The Labute approximate surface area is 197 Å². The van der Waals surface area contributed by atoms with Gasteiger partial charge in [0.25, 0.3) is 5.56 Å². The molecule has 0 bridgehead atoms. The molecule has 1 amide bonds. The zero-order chi connectivity index (χ0) is 22.8. The van der Waals surface area contributed by atoms with E-state index in [1.165, 1.54) is 44.7 Å². The Morgan fingerprint density at radius 1 is 1.22 bits per heavy atom. The number of amides is 1. The first kappa shape index (κ1) is 22.5. The van der Waals surface area contributed by atoms with Gasteiger partial charge in [-0.05, 0) is 17.7 Å². The minimum Gasteiger partial charge on any atom is -0.341 e. The topological polar surface area (TPSA) is 55.2 Å². The number of rotatable bonds is 6. The van der Waals surface area contributed by atoms with E-state index in [-0.39, 0.29) is 34.4 Å². The molecule has 2 heterocycles. The standard InChI is InChI=1S/C23H19ClFN3O2S2/c1-27(11-15-17(24)9-6-10-18(15)25)19(29)13-32-23-26-21-20(22(30)28(23)2)16(12-31-21)14-7-4-3-5-8-14/h3-10,12H,11,13H2,1-2H3. The van der Waals surface area contributed by atoms with Crippen LogP contribution in [0.4, 0.5) is 4.39 Å². The summed E-state index contributed by atoms with van der Waals surface area (Å²) in [5, 5.41) is 3.24. The van der Waals surface area contributed by atoms with Crippen LogP contribution in [0.15, 0.2) is 63.9 Å². The summed E-state index contributed by atoms with van der Waals surface area (Å²) in [5.74, 6) is -0.614. The highest BCUT2D eigenvalue weighted by molar-refractivity contribution is 7.99. The van der Waals surface area contributed by atoms with Crippen molar-refractivity contribution < 1.29 is 9.18 Å². The molecule has 9 heteroatoms. The Morgan fingerprint density at radius 2 is 1.97 bits per heavy atom. The van der Waals surface area contributed by atoms with Gasteiger partial charge in [-0.1, -0.05) is 59.8 Å². The predicted octanol–water partition coefficient (Wildman–Crippen LogP) is 5.21. The number of hydrogen-bond donors (Lipinski definition) is 0. The number of aromatic nitrogens is 2. The molecule has 0 fully saturated rings. The molecule has 4 aromatic rings. The van der Waals surface area contributed by atoms with Gasteiger partial charge in [-0.3, -0.25) is 14.2 Å². The summed E-state index contributed by atoms with van der Waals surface area (Å²) in [6, 6.07) is 14.1.